The molecule has 2 aliphatic carbocycles. The molecule has 2 aliphatic heterocycles. The van der Waals surface area contributed by atoms with Crippen molar-refractivity contribution in [1.29, 1.82) is 0 Å². The van der Waals surface area contributed by atoms with Crippen molar-refractivity contribution in [3.05, 3.63) is 0 Å². The lowest BCUT2D eigenvalue weighted by molar-refractivity contribution is -0.0263. The molecule has 2 spiro atoms. The van der Waals surface area contributed by atoms with E-state index in [4.69, 9.17) is 0 Å². The Morgan fingerprint density at radius 3 is 2.60 bits per heavy atom. The first kappa shape index (κ1) is 9.00. The summed E-state index contributed by atoms with van der Waals surface area (Å²) in [5, 5.41) is 3.59. The van der Waals surface area contributed by atoms with Crippen molar-refractivity contribution in [3.8, 4) is 0 Å². The lowest BCUT2D eigenvalue weighted by atomic mass is 9.63. The first-order valence-corrected chi connectivity index (χ1v) is 6.82. The average molecular weight is 206 g/mol. The van der Waals surface area contributed by atoms with Gasteiger partial charge in [0.15, 0.2) is 0 Å². The molecule has 2 heterocycles. The van der Waals surface area contributed by atoms with Crippen LogP contribution in [-0.4, -0.2) is 36.1 Å². The maximum Gasteiger partial charge on any atom is 0.0214 e. The number of rotatable bonds is 1. The predicted molar refractivity (Wildman–Crippen MR) is 60.8 cm³/mol. The van der Waals surface area contributed by atoms with Gasteiger partial charge in [-0.15, -0.1) is 0 Å². The van der Waals surface area contributed by atoms with Gasteiger partial charge in [0.2, 0.25) is 0 Å². The smallest absolute Gasteiger partial charge is 0.0214 e. The summed E-state index contributed by atoms with van der Waals surface area (Å²) < 4.78 is 0. The van der Waals surface area contributed by atoms with E-state index >= 15 is 0 Å². The Morgan fingerprint density at radius 1 is 1.07 bits per heavy atom. The van der Waals surface area contributed by atoms with Crippen molar-refractivity contribution < 1.29 is 0 Å². The van der Waals surface area contributed by atoms with E-state index in [0.29, 0.717) is 5.41 Å². The standard InChI is InChI=1S/C13H22N2/c1-3-13(5-6-13)15(9-1)11-2-4-12(11)7-8-14-10-12/h11,14H,1-10H2/t11?,12-/m0/s1. The molecular weight excluding hydrogens is 184 g/mol. The summed E-state index contributed by atoms with van der Waals surface area (Å²) in [6.07, 6.45) is 10.4. The molecule has 0 bridgehead atoms. The Labute approximate surface area is 92.4 Å². The van der Waals surface area contributed by atoms with Crippen molar-refractivity contribution >= 4 is 0 Å². The molecule has 0 aromatic carbocycles. The minimum atomic E-state index is 0.708. The Bertz CT molecular complexity index is 276. The fourth-order valence-electron chi connectivity index (χ4n) is 4.56. The first-order chi connectivity index (χ1) is 7.35. The maximum absolute atomic E-state index is 3.59. The van der Waals surface area contributed by atoms with Crippen LogP contribution in [-0.2, 0) is 0 Å². The monoisotopic (exact) mass is 206 g/mol. The molecule has 0 radical (unpaired) electrons. The van der Waals surface area contributed by atoms with Gasteiger partial charge in [-0.2, -0.15) is 0 Å². The summed E-state index contributed by atoms with van der Waals surface area (Å²) in [5.74, 6) is 0. The van der Waals surface area contributed by atoms with E-state index in [-0.39, 0.29) is 0 Å². The van der Waals surface area contributed by atoms with Crippen LogP contribution in [0.15, 0.2) is 0 Å². The molecule has 2 heteroatoms. The fraction of sp³-hybridized carbons (Fsp3) is 1.00. The second-order valence-corrected chi connectivity index (χ2v) is 6.36. The highest BCUT2D eigenvalue weighted by Gasteiger charge is 2.59. The maximum atomic E-state index is 3.59. The highest BCUT2D eigenvalue weighted by molar-refractivity contribution is 5.15. The Hall–Kier alpha value is -0.0800. The zero-order chi connectivity index (χ0) is 9.93. The highest BCUT2D eigenvalue weighted by atomic mass is 15.3. The van der Waals surface area contributed by atoms with Gasteiger partial charge < -0.3 is 5.32 Å². The third-order valence-corrected chi connectivity index (χ3v) is 5.75. The van der Waals surface area contributed by atoms with Gasteiger partial charge in [-0.05, 0) is 63.5 Å². The molecule has 2 nitrogen and oxygen atoms in total. The SMILES string of the molecule is C1CN(C2CC[C@@]23CCNC3)C2(C1)CC2. The second-order valence-electron chi connectivity index (χ2n) is 6.36. The van der Waals surface area contributed by atoms with E-state index in [0.717, 1.165) is 11.6 Å². The van der Waals surface area contributed by atoms with Gasteiger partial charge in [-0.1, -0.05) is 0 Å². The zero-order valence-electron chi connectivity index (χ0n) is 9.60. The molecular formula is C13H22N2. The molecule has 4 fully saturated rings. The molecule has 1 N–H and O–H groups in total. The van der Waals surface area contributed by atoms with Gasteiger partial charge in [-0.25, -0.2) is 0 Å². The average Bonchev–Trinajstić information content (AvgIpc) is 2.67. The molecule has 2 saturated heterocycles. The lowest BCUT2D eigenvalue weighted by Crippen LogP contribution is -2.58. The van der Waals surface area contributed by atoms with Crippen LogP contribution in [0.1, 0.15) is 44.9 Å². The summed E-state index contributed by atoms with van der Waals surface area (Å²) in [6.45, 7) is 3.99. The summed E-state index contributed by atoms with van der Waals surface area (Å²) >= 11 is 0. The van der Waals surface area contributed by atoms with Crippen LogP contribution in [0.2, 0.25) is 0 Å². The Kier molecular flexibility index (Phi) is 1.67. The van der Waals surface area contributed by atoms with E-state index in [1.807, 2.05) is 0 Å². The molecule has 0 aromatic heterocycles. The molecule has 0 aromatic rings. The molecule has 4 rings (SSSR count). The second kappa shape index (κ2) is 2.78. The number of likely N-dealkylation sites (tertiary alicyclic amines) is 1. The molecule has 2 saturated carbocycles. The van der Waals surface area contributed by atoms with E-state index in [1.165, 1.54) is 64.6 Å². The minimum Gasteiger partial charge on any atom is -0.316 e. The summed E-state index contributed by atoms with van der Waals surface area (Å²) in [7, 11) is 0. The largest absolute Gasteiger partial charge is 0.316 e. The van der Waals surface area contributed by atoms with Crippen LogP contribution in [0.5, 0.6) is 0 Å². The van der Waals surface area contributed by atoms with Gasteiger partial charge in [0.25, 0.3) is 0 Å². The fourth-order valence-corrected chi connectivity index (χ4v) is 4.56. The van der Waals surface area contributed by atoms with Gasteiger partial charge in [0.05, 0.1) is 0 Å². The quantitative estimate of drug-likeness (QED) is 0.703. The van der Waals surface area contributed by atoms with E-state index in [1.54, 1.807) is 0 Å². The summed E-state index contributed by atoms with van der Waals surface area (Å²) in [6, 6.07) is 0.956. The number of nitrogens with zero attached hydrogens (tertiary/aromatic N) is 1. The lowest BCUT2D eigenvalue weighted by Gasteiger charge is -2.53. The van der Waals surface area contributed by atoms with Crippen molar-refractivity contribution in [2.45, 2.75) is 56.5 Å². The zero-order valence-corrected chi connectivity index (χ0v) is 9.60. The van der Waals surface area contributed by atoms with Gasteiger partial charge in [0.1, 0.15) is 0 Å². The normalized spacial score (nSPS) is 47.6. The van der Waals surface area contributed by atoms with Crippen LogP contribution in [0.25, 0.3) is 0 Å². The Morgan fingerprint density at radius 2 is 2.00 bits per heavy atom. The highest BCUT2D eigenvalue weighted by Crippen LogP contribution is 2.58. The third-order valence-electron chi connectivity index (χ3n) is 5.75. The van der Waals surface area contributed by atoms with Crippen molar-refractivity contribution in [2.24, 2.45) is 5.41 Å². The minimum absolute atomic E-state index is 0.708. The van der Waals surface area contributed by atoms with E-state index < -0.39 is 0 Å². The molecule has 0 amide bonds. The van der Waals surface area contributed by atoms with Crippen molar-refractivity contribution in [2.75, 3.05) is 19.6 Å². The summed E-state index contributed by atoms with van der Waals surface area (Å²) in [5.41, 5.74) is 1.43. The number of hydrogen-bond donors (Lipinski definition) is 1. The van der Waals surface area contributed by atoms with Crippen LogP contribution in [0, 0.1) is 5.41 Å². The number of nitrogens with one attached hydrogen (secondary N) is 1. The number of hydrogen-bond acceptors (Lipinski definition) is 2. The molecule has 15 heavy (non-hydrogen) atoms. The molecule has 4 aliphatic rings. The molecule has 84 valence electrons. The van der Waals surface area contributed by atoms with Crippen molar-refractivity contribution in [1.82, 2.24) is 10.2 Å². The van der Waals surface area contributed by atoms with Gasteiger partial charge in [0, 0.05) is 18.1 Å². The van der Waals surface area contributed by atoms with Crippen LogP contribution < -0.4 is 5.32 Å². The summed E-state index contributed by atoms with van der Waals surface area (Å²) in [4.78, 5) is 2.93. The molecule has 1 unspecified atom stereocenters. The van der Waals surface area contributed by atoms with E-state index in [9.17, 15) is 0 Å². The van der Waals surface area contributed by atoms with Crippen LogP contribution >= 0.6 is 0 Å². The first-order valence-electron chi connectivity index (χ1n) is 6.82. The van der Waals surface area contributed by atoms with Gasteiger partial charge in [-0.3, -0.25) is 4.90 Å². The Balaban J connectivity index is 1.58. The van der Waals surface area contributed by atoms with Crippen LogP contribution in [0.4, 0.5) is 0 Å². The van der Waals surface area contributed by atoms with Crippen LogP contribution in [0.3, 0.4) is 0 Å². The topological polar surface area (TPSA) is 15.3 Å². The molecule has 2 atom stereocenters. The van der Waals surface area contributed by atoms with E-state index in [2.05, 4.69) is 10.2 Å². The van der Waals surface area contributed by atoms with Crippen molar-refractivity contribution in [3.63, 3.8) is 0 Å². The third kappa shape index (κ3) is 1.07. The van der Waals surface area contributed by atoms with Gasteiger partial charge >= 0.3 is 0 Å². The predicted octanol–water partition coefficient (Wildman–Crippen LogP) is 1.76.